The molecule has 1 aromatic heterocycles. The molecule has 58 heavy (non-hydrogen) atoms. The highest BCUT2D eigenvalue weighted by atomic mass is 79.9. The first-order valence-electron chi connectivity index (χ1n) is 19.0. The third kappa shape index (κ3) is 8.40. The first-order valence-corrected chi connectivity index (χ1v) is 21.7. The van der Waals surface area contributed by atoms with Gasteiger partial charge in [0.05, 0.1) is 10.9 Å². The highest BCUT2D eigenvalue weighted by Gasteiger charge is 2.60. The van der Waals surface area contributed by atoms with Crippen molar-refractivity contribution >= 4 is 60.7 Å². The number of halogens is 1. The maximum atomic E-state index is 14.9. The number of hydrogen-bond acceptors (Lipinski definition) is 8. The van der Waals surface area contributed by atoms with Crippen molar-refractivity contribution in [1.82, 2.24) is 25.0 Å². The van der Waals surface area contributed by atoms with Crippen molar-refractivity contribution in [3.05, 3.63) is 142 Å². The molecule has 0 bridgehead atoms. The molecule has 2 aliphatic rings. The lowest BCUT2D eigenvalue weighted by atomic mass is 9.86. The summed E-state index contributed by atoms with van der Waals surface area (Å²) in [5.41, 5.74) is 3.01. The number of ether oxygens (including phenoxy) is 1. The lowest BCUT2D eigenvalue weighted by Gasteiger charge is -2.55. The van der Waals surface area contributed by atoms with Crippen molar-refractivity contribution in [2.45, 2.75) is 75.3 Å². The summed E-state index contributed by atoms with van der Waals surface area (Å²) in [6.07, 6.45) is 2.71. The van der Waals surface area contributed by atoms with Crippen LogP contribution in [0, 0.1) is 5.92 Å². The number of rotatable bonds is 15. The molecule has 0 spiro atoms. The summed E-state index contributed by atoms with van der Waals surface area (Å²) in [5, 5.41) is 4.93. The molecule has 0 aliphatic carbocycles. The van der Waals surface area contributed by atoms with Crippen molar-refractivity contribution in [2.75, 3.05) is 6.26 Å². The van der Waals surface area contributed by atoms with Crippen LogP contribution in [0.3, 0.4) is 0 Å². The van der Waals surface area contributed by atoms with E-state index in [4.69, 9.17) is 4.74 Å². The molecule has 0 radical (unpaired) electrons. The zero-order valence-corrected chi connectivity index (χ0v) is 34.7. The van der Waals surface area contributed by atoms with Gasteiger partial charge in [-0.15, -0.1) is 0 Å². The highest BCUT2D eigenvalue weighted by molar-refractivity contribution is 9.10. The molecule has 2 aliphatic heterocycles. The summed E-state index contributed by atoms with van der Waals surface area (Å²) in [6, 6.07) is 28.9. The molecule has 300 valence electrons. The maximum Gasteiger partial charge on any atom is 0.264 e. The van der Waals surface area contributed by atoms with Crippen LogP contribution in [-0.2, 0) is 53.3 Å². The minimum absolute atomic E-state index is 0.0345. The SMILES string of the molecule is CC(C)C1OC(c2ccc(S(C)(=O)=O)cc2)N(C2C(=O)N(C(C(=O)NCc3ccccc3Br)N(C=O)Cc3ccccc3)C2CCc2ccc3ccncc3c2)C1=O. The van der Waals surface area contributed by atoms with Gasteiger partial charge in [-0.3, -0.25) is 29.1 Å². The molecular formula is C44H44BrN5O7S. The largest absolute Gasteiger partial charge is 0.349 e. The Bertz CT molecular complexity index is 2430. The van der Waals surface area contributed by atoms with Crippen molar-refractivity contribution in [1.29, 1.82) is 0 Å². The maximum absolute atomic E-state index is 14.9. The second-order valence-corrected chi connectivity index (χ2v) is 17.9. The van der Waals surface area contributed by atoms with Crippen LogP contribution in [0.4, 0.5) is 0 Å². The van der Waals surface area contributed by atoms with E-state index in [1.165, 1.54) is 26.8 Å². The molecule has 5 atom stereocenters. The third-order valence-electron chi connectivity index (χ3n) is 10.8. The van der Waals surface area contributed by atoms with Gasteiger partial charge in [-0.1, -0.05) is 103 Å². The van der Waals surface area contributed by atoms with E-state index in [0.717, 1.165) is 38.2 Å². The molecule has 14 heteroatoms. The zero-order valence-electron chi connectivity index (χ0n) is 32.3. The Balaban J connectivity index is 1.29. The number of amides is 4. The minimum Gasteiger partial charge on any atom is -0.349 e. The fourth-order valence-electron chi connectivity index (χ4n) is 7.76. The number of carbonyl (C=O) groups excluding carboxylic acids is 4. The number of carbonyl (C=O) groups is 4. The van der Waals surface area contributed by atoms with Crippen LogP contribution in [0.5, 0.6) is 0 Å². The number of likely N-dealkylation sites (tertiary alicyclic amines) is 1. The monoisotopic (exact) mass is 865 g/mol. The minimum atomic E-state index is -3.51. The van der Waals surface area contributed by atoms with Gasteiger partial charge in [0, 0.05) is 47.2 Å². The molecular weight excluding hydrogens is 822 g/mol. The van der Waals surface area contributed by atoms with Gasteiger partial charge in [0.15, 0.2) is 22.2 Å². The molecule has 5 unspecified atom stereocenters. The Morgan fingerprint density at radius 2 is 1.66 bits per heavy atom. The zero-order chi connectivity index (χ0) is 41.1. The van der Waals surface area contributed by atoms with Gasteiger partial charge in [-0.2, -0.15) is 0 Å². The molecule has 12 nitrogen and oxygen atoms in total. The molecule has 1 N–H and O–H groups in total. The van der Waals surface area contributed by atoms with Crippen molar-refractivity contribution in [3.63, 3.8) is 0 Å². The first-order chi connectivity index (χ1) is 27.8. The van der Waals surface area contributed by atoms with Gasteiger partial charge in [0.1, 0.15) is 12.1 Å². The van der Waals surface area contributed by atoms with Crippen molar-refractivity contribution in [2.24, 2.45) is 5.92 Å². The number of fused-ring (bicyclic) bond motifs is 1. The van der Waals surface area contributed by atoms with Gasteiger partial charge >= 0.3 is 0 Å². The van der Waals surface area contributed by atoms with Crippen LogP contribution in [0.1, 0.15) is 48.8 Å². The number of pyridine rings is 1. The Kier molecular flexibility index (Phi) is 12.1. The number of aromatic nitrogens is 1. The summed E-state index contributed by atoms with van der Waals surface area (Å²) in [6.45, 7) is 3.87. The molecule has 4 aromatic carbocycles. The molecule has 5 aromatic rings. The van der Waals surface area contributed by atoms with Crippen LogP contribution in [0.2, 0.25) is 0 Å². The quantitative estimate of drug-likeness (QED) is 0.103. The highest BCUT2D eigenvalue weighted by Crippen LogP contribution is 2.43. The lowest BCUT2D eigenvalue weighted by Crippen LogP contribution is -2.77. The lowest BCUT2D eigenvalue weighted by molar-refractivity contribution is -0.184. The van der Waals surface area contributed by atoms with Gasteiger partial charge in [0.25, 0.3) is 11.8 Å². The van der Waals surface area contributed by atoms with Crippen molar-refractivity contribution < 1.29 is 32.3 Å². The molecule has 3 heterocycles. The van der Waals surface area contributed by atoms with E-state index in [1.807, 2.05) is 92.7 Å². The van der Waals surface area contributed by atoms with Gasteiger partial charge in [-0.05, 0) is 71.2 Å². The Morgan fingerprint density at radius 1 is 0.931 bits per heavy atom. The van der Waals surface area contributed by atoms with Crippen LogP contribution in [-0.4, -0.2) is 82.8 Å². The van der Waals surface area contributed by atoms with Gasteiger partial charge in [-0.25, -0.2) is 8.42 Å². The molecule has 4 amide bonds. The average molecular weight is 867 g/mol. The topological polar surface area (TPSA) is 146 Å². The summed E-state index contributed by atoms with van der Waals surface area (Å²) in [7, 11) is -3.51. The van der Waals surface area contributed by atoms with E-state index in [9.17, 15) is 27.6 Å². The fourth-order valence-corrected chi connectivity index (χ4v) is 8.81. The number of β-lactam (4-membered cyclic amide) rings is 1. The van der Waals surface area contributed by atoms with Crippen LogP contribution >= 0.6 is 15.9 Å². The Hall–Kier alpha value is -5.44. The summed E-state index contributed by atoms with van der Waals surface area (Å²) < 4.78 is 31.8. The van der Waals surface area contributed by atoms with Crippen molar-refractivity contribution in [3.8, 4) is 0 Å². The number of nitrogens with one attached hydrogen (secondary N) is 1. The first kappa shape index (κ1) is 40.7. The van der Waals surface area contributed by atoms with E-state index < -0.39 is 58.1 Å². The predicted octanol–water partition coefficient (Wildman–Crippen LogP) is 5.80. The summed E-state index contributed by atoms with van der Waals surface area (Å²) in [4.78, 5) is 65.5. The number of aryl methyl sites for hydroxylation is 1. The normalized spacial score (nSPS) is 19.9. The van der Waals surface area contributed by atoms with Crippen LogP contribution in [0.15, 0.2) is 125 Å². The second-order valence-electron chi connectivity index (χ2n) is 15.0. The standard InChI is InChI=1S/C44H44BrN5O7S/c1-28(2)39-43(54)50(44(57-39)32-16-18-35(19-17-32)58(3,55)56)38-37(20-14-29-13-15-31-21-22-46-24-34(31)23-29)49(42(38)53)41(48(27-51)26-30-9-5-4-6-10-30)40(52)47-25-33-11-7-8-12-36(33)45/h4-13,15-19,21-24,27-28,37-39,41,44H,14,20,25-26H2,1-3H3,(H,47,52). The molecule has 0 saturated carbocycles. The van der Waals surface area contributed by atoms with E-state index >= 15 is 0 Å². The second kappa shape index (κ2) is 17.2. The van der Waals surface area contributed by atoms with E-state index in [1.54, 1.807) is 24.5 Å². The number of hydrogen-bond donors (Lipinski definition) is 1. The third-order valence-corrected chi connectivity index (χ3v) is 12.7. The molecule has 2 fully saturated rings. The van der Waals surface area contributed by atoms with Crippen LogP contribution < -0.4 is 5.32 Å². The van der Waals surface area contributed by atoms with E-state index in [-0.39, 0.29) is 23.9 Å². The Labute approximate surface area is 346 Å². The molecule has 7 rings (SSSR count). The average Bonchev–Trinajstić information content (AvgIpc) is 3.56. The predicted molar refractivity (Wildman–Crippen MR) is 221 cm³/mol. The number of sulfone groups is 1. The molecule has 2 saturated heterocycles. The van der Waals surface area contributed by atoms with Gasteiger partial charge in [0.2, 0.25) is 12.3 Å². The number of benzene rings is 4. The van der Waals surface area contributed by atoms with E-state index in [0.29, 0.717) is 24.8 Å². The fraction of sp³-hybridized carbons (Fsp3) is 0.295. The summed E-state index contributed by atoms with van der Waals surface area (Å²) in [5.74, 6) is -1.73. The van der Waals surface area contributed by atoms with Gasteiger partial charge < -0.3 is 19.9 Å². The van der Waals surface area contributed by atoms with Crippen LogP contribution in [0.25, 0.3) is 10.8 Å². The summed E-state index contributed by atoms with van der Waals surface area (Å²) >= 11 is 3.54. The Morgan fingerprint density at radius 3 is 2.34 bits per heavy atom. The number of nitrogens with zero attached hydrogens (tertiary/aromatic N) is 4. The van der Waals surface area contributed by atoms with E-state index in [2.05, 4.69) is 26.2 Å². The smallest absolute Gasteiger partial charge is 0.264 e.